The summed E-state index contributed by atoms with van der Waals surface area (Å²) in [6.45, 7) is 4.47. The molecule has 7 heteroatoms. The molecule has 1 unspecified atom stereocenters. The number of aliphatic hydroxyl groups excluding tert-OH is 1. The summed E-state index contributed by atoms with van der Waals surface area (Å²) in [5.41, 5.74) is 2.81. The number of hydrogen-bond acceptors (Lipinski definition) is 5. The van der Waals surface area contributed by atoms with Gasteiger partial charge in [-0.1, -0.05) is 19.3 Å². The van der Waals surface area contributed by atoms with Gasteiger partial charge in [0.1, 0.15) is 18.5 Å². The normalized spacial score (nSPS) is 17.0. The minimum absolute atomic E-state index is 0.0705. The fourth-order valence-corrected chi connectivity index (χ4v) is 4.43. The van der Waals surface area contributed by atoms with E-state index in [-0.39, 0.29) is 25.9 Å². The highest BCUT2D eigenvalue weighted by atomic mass is 16.7. The number of aromatic nitrogens is 1. The van der Waals surface area contributed by atoms with E-state index in [9.17, 15) is 9.90 Å². The Balaban J connectivity index is 1.30. The van der Waals surface area contributed by atoms with Crippen LogP contribution >= 0.6 is 0 Å². The highest BCUT2D eigenvalue weighted by Crippen LogP contribution is 2.35. The Labute approximate surface area is 176 Å². The average Bonchev–Trinajstić information content (AvgIpc) is 3.34. The first-order valence-electron chi connectivity index (χ1n) is 10.7. The van der Waals surface area contributed by atoms with Gasteiger partial charge in [0.2, 0.25) is 6.79 Å². The number of nitrogens with one attached hydrogen (secondary N) is 1. The van der Waals surface area contributed by atoms with Crippen LogP contribution in [0.25, 0.3) is 0 Å². The molecule has 1 aliphatic heterocycles. The number of aliphatic hydroxyl groups is 1. The maximum atomic E-state index is 12.7. The third kappa shape index (κ3) is 4.41. The van der Waals surface area contributed by atoms with Crippen molar-refractivity contribution in [1.82, 2.24) is 9.88 Å². The highest BCUT2D eigenvalue weighted by molar-refractivity contribution is 5.95. The fourth-order valence-electron chi connectivity index (χ4n) is 4.43. The minimum Gasteiger partial charge on any atom is -0.491 e. The second-order valence-electron chi connectivity index (χ2n) is 8.14. The van der Waals surface area contributed by atoms with Crippen molar-refractivity contribution < 1.29 is 24.1 Å². The topological polar surface area (TPSA) is 82.0 Å². The standard InChI is InChI=1S/C23H30N2O5/c1-15-10-20(16(2)25(15)17-6-4-3-5-7-17)23(27)24-12-18(26)13-28-19-8-9-21-22(11-19)30-14-29-21/h8-11,17-18,26H,3-7,12-14H2,1-2H3,(H,24,27). The van der Waals surface area contributed by atoms with Crippen molar-refractivity contribution in [3.8, 4) is 17.2 Å². The Bertz CT molecular complexity index is 901. The summed E-state index contributed by atoms with van der Waals surface area (Å²) in [5, 5.41) is 13.1. The third-order valence-electron chi connectivity index (χ3n) is 5.95. The van der Waals surface area contributed by atoms with Gasteiger partial charge in [-0.3, -0.25) is 4.79 Å². The summed E-state index contributed by atoms with van der Waals surface area (Å²) >= 11 is 0. The van der Waals surface area contributed by atoms with E-state index in [1.54, 1.807) is 18.2 Å². The molecule has 0 saturated heterocycles. The Morgan fingerprint density at radius 2 is 1.97 bits per heavy atom. The van der Waals surface area contributed by atoms with Crippen LogP contribution in [0.5, 0.6) is 17.2 Å². The van der Waals surface area contributed by atoms with Crippen LogP contribution in [0.15, 0.2) is 24.3 Å². The summed E-state index contributed by atoms with van der Waals surface area (Å²) in [7, 11) is 0. The number of rotatable bonds is 7. The summed E-state index contributed by atoms with van der Waals surface area (Å²) in [6.07, 6.45) is 5.33. The molecule has 30 heavy (non-hydrogen) atoms. The van der Waals surface area contributed by atoms with Gasteiger partial charge in [-0.15, -0.1) is 0 Å². The lowest BCUT2D eigenvalue weighted by Gasteiger charge is -2.26. The van der Waals surface area contributed by atoms with Gasteiger partial charge in [-0.2, -0.15) is 0 Å². The number of nitrogens with zero attached hydrogens (tertiary/aromatic N) is 1. The van der Waals surface area contributed by atoms with Crippen LogP contribution in [0.2, 0.25) is 0 Å². The number of hydrogen-bond donors (Lipinski definition) is 2. The van der Waals surface area contributed by atoms with Crippen LogP contribution in [0, 0.1) is 13.8 Å². The van der Waals surface area contributed by atoms with Crippen LogP contribution in [0.3, 0.4) is 0 Å². The molecule has 2 N–H and O–H groups in total. The second kappa shape index (κ2) is 9.00. The van der Waals surface area contributed by atoms with Crippen molar-refractivity contribution in [2.75, 3.05) is 19.9 Å². The Morgan fingerprint density at radius 3 is 2.77 bits per heavy atom. The van der Waals surface area contributed by atoms with Gasteiger partial charge in [0, 0.05) is 30.0 Å². The molecule has 162 valence electrons. The SMILES string of the molecule is Cc1cc(C(=O)NCC(O)COc2ccc3c(c2)OCO3)c(C)n1C1CCCCC1. The third-order valence-corrected chi connectivity index (χ3v) is 5.95. The van der Waals surface area contributed by atoms with Gasteiger partial charge in [-0.05, 0) is 44.9 Å². The van der Waals surface area contributed by atoms with Gasteiger partial charge >= 0.3 is 0 Å². The molecule has 1 amide bonds. The molecular formula is C23H30N2O5. The lowest BCUT2D eigenvalue weighted by Crippen LogP contribution is -2.35. The molecular weight excluding hydrogens is 384 g/mol. The molecule has 0 radical (unpaired) electrons. The fraction of sp³-hybridized carbons (Fsp3) is 0.522. The van der Waals surface area contributed by atoms with Crippen LogP contribution in [-0.4, -0.2) is 41.6 Å². The predicted molar refractivity (Wildman–Crippen MR) is 112 cm³/mol. The maximum Gasteiger partial charge on any atom is 0.253 e. The van der Waals surface area contributed by atoms with Gasteiger partial charge in [-0.25, -0.2) is 0 Å². The van der Waals surface area contributed by atoms with E-state index in [4.69, 9.17) is 14.2 Å². The van der Waals surface area contributed by atoms with Crippen LogP contribution in [-0.2, 0) is 0 Å². The van der Waals surface area contributed by atoms with Crippen molar-refractivity contribution in [1.29, 1.82) is 0 Å². The minimum atomic E-state index is -0.818. The number of aryl methyl sites for hydroxylation is 1. The summed E-state index contributed by atoms with van der Waals surface area (Å²) in [5.74, 6) is 1.73. The smallest absolute Gasteiger partial charge is 0.253 e. The van der Waals surface area contributed by atoms with E-state index in [1.165, 1.54) is 32.1 Å². The zero-order valence-electron chi connectivity index (χ0n) is 17.6. The first-order chi connectivity index (χ1) is 14.5. The lowest BCUT2D eigenvalue weighted by molar-refractivity contribution is 0.0843. The van der Waals surface area contributed by atoms with E-state index in [1.807, 2.05) is 13.0 Å². The van der Waals surface area contributed by atoms with Crippen molar-refractivity contribution in [2.24, 2.45) is 0 Å². The van der Waals surface area contributed by atoms with Crippen LogP contribution in [0.1, 0.15) is 59.9 Å². The van der Waals surface area contributed by atoms with Gasteiger partial charge < -0.3 is 29.2 Å². The summed E-state index contributed by atoms with van der Waals surface area (Å²) in [4.78, 5) is 12.7. The molecule has 1 atom stereocenters. The molecule has 2 heterocycles. The second-order valence-corrected chi connectivity index (χ2v) is 8.14. The largest absolute Gasteiger partial charge is 0.491 e. The van der Waals surface area contributed by atoms with Gasteiger partial charge in [0.25, 0.3) is 5.91 Å². The van der Waals surface area contributed by atoms with Crippen LogP contribution < -0.4 is 19.5 Å². The molecule has 7 nitrogen and oxygen atoms in total. The summed E-state index contributed by atoms with van der Waals surface area (Å²) in [6, 6.07) is 7.70. The number of fused-ring (bicyclic) bond motifs is 1. The van der Waals surface area contributed by atoms with Crippen molar-refractivity contribution >= 4 is 5.91 Å². The number of carbonyl (C=O) groups excluding carboxylic acids is 1. The Kier molecular flexibility index (Phi) is 6.18. The average molecular weight is 415 g/mol. The highest BCUT2D eigenvalue weighted by Gasteiger charge is 2.23. The molecule has 0 spiro atoms. The van der Waals surface area contributed by atoms with E-state index in [0.29, 0.717) is 28.9 Å². The first kappa shape index (κ1) is 20.6. The van der Waals surface area contributed by atoms with E-state index in [2.05, 4.69) is 16.8 Å². The van der Waals surface area contributed by atoms with E-state index < -0.39 is 6.10 Å². The summed E-state index contributed by atoms with van der Waals surface area (Å²) < 4.78 is 18.5. The van der Waals surface area contributed by atoms with E-state index in [0.717, 1.165) is 11.4 Å². The Morgan fingerprint density at radius 1 is 1.20 bits per heavy atom. The number of benzene rings is 1. The van der Waals surface area contributed by atoms with Crippen molar-refractivity contribution in [2.45, 2.75) is 58.1 Å². The van der Waals surface area contributed by atoms with Crippen molar-refractivity contribution in [3.63, 3.8) is 0 Å². The Hall–Kier alpha value is -2.67. The quantitative estimate of drug-likeness (QED) is 0.725. The number of ether oxygens (including phenoxy) is 3. The monoisotopic (exact) mass is 414 g/mol. The molecule has 1 fully saturated rings. The van der Waals surface area contributed by atoms with Gasteiger partial charge in [0.15, 0.2) is 11.5 Å². The molecule has 4 rings (SSSR count). The molecule has 0 bridgehead atoms. The van der Waals surface area contributed by atoms with Crippen molar-refractivity contribution in [3.05, 3.63) is 41.2 Å². The molecule has 1 aromatic heterocycles. The zero-order valence-corrected chi connectivity index (χ0v) is 17.6. The molecule has 1 aliphatic carbocycles. The number of carbonyl (C=O) groups is 1. The zero-order chi connectivity index (χ0) is 21.1. The molecule has 2 aromatic rings. The molecule has 1 aromatic carbocycles. The molecule has 2 aliphatic rings. The van der Waals surface area contributed by atoms with Gasteiger partial charge in [0.05, 0.1) is 5.56 Å². The van der Waals surface area contributed by atoms with Crippen LogP contribution in [0.4, 0.5) is 0 Å². The predicted octanol–water partition coefficient (Wildman–Crippen LogP) is 3.51. The van der Waals surface area contributed by atoms with E-state index >= 15 is 0 Å². The lowest BCUT2D eigenvalue weighted by atomic mass is 9.95. The number of amides is 1. The molecule has 1 saturated carbocycles. The first-order valence-corrected chi connectivity index (χ1v) is 10.7. The maximum absolute atomic E-state index is 12.7.